The Labute approximate surface area is 121 Å². The molecule has 2 rings (SSSR count). The smallest absolute Gasteiger partial charge is 0.290 e. The van der Waals surface area contributed by atoms with Crippen LogP contribution in [0.3, 0.4) is 0 Å². The highest BCUT2D eigenvalue weighted by molar-refractivity contribution is 6.35. The van der Waals surface area contributed by atoms with Crippen molar-refractivity contribution >= 4 is 34.8 Å². The second-order valence-corrected chi connectivity index (χ2v) is 4.99. The Morgan fingerprint density at radius 1 is 1.26 bits per heavy atom. The van der Waals surface area contributed by atoms with Gasteiger partial charge in [-0.25, -0.2) is 0 Å². The molecule has 0 fully saturated rings. The molecule has 2 aromatic rings. The summed E-state index contributed by atoms with van der Waals surface area (Å²) in [7, 11) is 0. The van der Waals surface area contributed by atoms with Crippen LogP contribution >= 0.6 is 23.2 Å². The van der Waals surface area contributed by atoms with Crippen molar-refractivity contribution in [2.24, 2.45) is 0 Å². The highest BCUT2D eigenvalue weighted by Gasteiger charge is 2.13. The van der Waals surface area contributed by atoms with E-state index in [1.165, 1.54) is 0 Å². The quantitative estimate of drug-likeness (QED) is 0.867. The molecule has 1 aromatic heterocycles. The summed E-state index contributed by atoms with van der Waals surface area (Å²) >= 11 is 11.9. The Hall–Kier alpha value is -1.58. The van der Waals surface area contributed by atoms with E-state index in [0.717, 1.165) is 5.69 Å². The second-order valence-electron chi connectivity index (χ2n) is 4.14. The molecule has 0 aliphatic carbocycles. The lowest BCUT2D eigenvalue weighted by molar-refractivity contribution is -0.690. The Bertz CT molecular complexity index is 614. The third-order valence-electron chi connectivity index (χ3n) is 2.68. The molecule has 0 unspecified atom stereocenters. The van der Waals surface area contributed by atoms with Gasteiger partial charge in [0.15, 0.2) is 11.9 Å². The highest BCUT2D eigenvalue weighted by Crippen LogP contribution is 2.25. The van der Waals surface area contributed by atoms with Gasteiger partial charge in [-0.05, 0) is 18.2 Å². The number of hydrogen-bond donors (Lipinski definition) is 1. The molecule has 0 bridgehead atoms. The maximum absolute atomic E-state index is 12.0. The molecular formula is C14H13Cl2N2O+. The molecule has 19 heavy (non-hydrogen) atoms. The lowest BCUT2D eigenvalue weighted by Crippen LogP contribution is -2.42. The molecule has 98 valence electrons. The first kappa shape index (κ1) is 13.8. The third kappa shape index (κ3) is 3.69. The molecule has 0 atom stereocenters. The second kappa shape index (κ2) is 6.04. The van der Waals surface area contributed by atoms with Crippen molar-refractivity contribution in [3.05, 3.63) is 58.3 Å². The van der Waals surface area contributed by atoms with E-state index in [9.17, 15) is 4.79 Å². The molecule has 0 aliphatic rings. The summed E-state index contributed by atoms with van der Waals surface area (Å²) in [5, 5.41) is 3.75. The van der Waals surface area contributed by atoms with Crippen molar-refractivity contribution in [1.82, 2.24) is 0 Å². The SMILES string of the molecule is Cc1cccc[n+]1CC(=O)Nc1cc(Cl)ccc1Cl. The predicted molar refractivity (Wildman–Crippen MR) is 76.5 cm³/mol. The Morgan fingerprint density at radius 3 is 2.79 bits per heavy atom. The number of hydrogen-bond acceptors (Lipinski definition) is 1. The van der Waals surface area contributed by atoms with Crippen LogP contribution in [0, 0.1) is 6.92 Å². The van der Waals surface area contributed by atoms with E-state index < -0.39 is 0 Å². The van der Waals surface area contributed by atoms with E-state index in [4.69, 9.17) is 23.2 Å². The van der Waals surface area contributed by atoms with Crippen molar-refractivity contribution in [2.45, 2.75) is 13.5 Å². The van der Waals surface area contributed by atoms with Gasteiger partial charge in [0.1, 0.15) is 0 Å². The summed E-state index contributed by atoms with van der Waals surface area (Å²) in [5.74, 6) is -0.150. The molecule has 0 radical (unpaired) electrons. The van der Waals surface area contributed by atoms with Crippen LogP contribution in [0.2, 0.25) is 10.0 Å². The number of carbonyl (C=O) groups is 1. The largest absolute Gasteiger partial charge is 0.319 e. The molecule has 0 spiro atoms. The monoisotopic (exact) mass is 295 g/mol. The molecule has 3 nitrogen and oxygen atoms in total. The van der Waals surface area contributed by atoms with Gasteiger partial charge in [-0.15, -0.1) is 0 Å². The molecule has 0 saturated heterocycles. The zero-order valence-electron chi connectivity index (χ0n) is 10.4. The zero-order valence-corrected chi connectivity index (χ0v) is 11.9. The van der Waals surface area contributed by atoms with Crippen LogP contribution in [0.1, 0.15) is 5.69 Å². The number of anilines is 1. The van der Waals surface area contributed by atoms with Crippen LogP contribution in [0.5, 0.6) is 0 Å². The number of pyridine rings is 1. The fraction of sp³-hybridized carbons (Fsp3) is 0.143. The predicted octanol–water partition coefficient (Wildman–Crippen LogP) is 3.23. The topological polar surface area (TPSA) is 33.0 Å². The van der Waals surface area contributed by atoms with Crippen LogP contribution in [-0.2, 0) is 11.3 Å². The summed E-state index contributed by atoms with van der Waals surface area (Å²) in [5.41, 5.74) is 1.53. The Kier molecular flexibility index (Phi) is 4.40. The van der Waals surface area contributed by atoms with Crippen molar-refractivity contribution in [2.75, 3.05) is 5.32 Å². The molecule has 0 aliphatic heterocycles. The van der Waals surface area contributed by atoms with Gasteiger partial charge >= 0.3 is 0 Å². The molecule has 1 N–H and O–H groups in total. The molecule has 1 heterocycles. The number of carbonyl (C=O) groups excluding carboxylic acids is 1. The first-order valence-corrected chi connectivity index (χ1v) is 6.52. The number of nitrogens with zero attached hydrogens (tertiary/aromatic N) is 1. The van der Waals surface area contributed by atoms with E-state index >= 15 is 0 Å². The van der Waals surface area contributed by atoms with Crippen LogP contribution in [-0.4, -0.2) is 5.91 Å². The number of benzene rings is 1. The number of amides is 1. The summed E-state index contributed by atoms with van der Waals surface area (Å²) < 4.78 is 1.85. The fourth-order valence-electron chi connectivity index (χ4n) is 1.68. The normalized spacial score (nSPS) is 10.3. The first-order chi connectivity index (χ1) is 9.06. The van der Waals surface area contributed by atoms with Crippen LogP contribution in [0.25, 0.3) is 0 Å². The molecular weight excluding hydrogens is 283 g/mol. The van der Waals surface area contributed by atoms with E-state index in [1.54, 1.807) is 18.2 Å². The lowest BCUT2D eigenvalue weighted by Gasteiger charge is -2.06. The van der Waals surface area contributed by atoms with Gasteiger partial charge in [0.2, 0.25) is 6.54 Å². The van der Waals surface area contributed by atoms with Gasteiger partial charge in [-0.3, -0.25) is 4.79 Å². The van der Waals surface area contributed by atoms with Gasteiger partial charge in [0, 0.05) is 24.1 Å². The van der Waals surface area contributed by atoms with Gasteiger partial charge in [-0.1, -0.05) is 29.3 Å². The van der Waals surface area contributed by atoms with Crippen LogP contribution < -0.4 is 9.88 Å². The fourth-order valence-corrected chi connectivity index (χ4v) is 2.01. The van der Waals surface area contributed by atoms with Crippen molar-refractivity contribution < 1.29 is 9.36 Å². The maximum Gasteiger partial charge on any atom is 0.290 e. The number of nitrogens with one attached hydrogen (secondary N) is 1. The van der Waals surface area contributed by atoms with Crippen molar-refractivity contribution in [3.8, 4) is 0 Å². The lowest BCUT2D eigenvalue weighted by atomic mass is 10.3. The summed E-state index contributed by atoms with van der Waals surface area (Å²) in [4.78, 5) is 12.0. The standard InChI is InChI=1S/C14H12Cl2N2O/c1-10-4-2-3-7-18(10)9-14(19)17-13-8-11(15)5-6-12(13)16/h2-8H,9H2,1H3/p+1. The Morgan fingerprint density at radius 2 is 2.05 bits per heavy atom. The highest BCUT2D eigenvalue weighted by atomic mass is 35.5. The van der Waals surface area contributed by atoms with Crippen molar-refractivity contribution in [1.29, 1.82) is 0 Å². The molecule has 0 saturated carbocycles. The van der Waals surface area contributed by atoms with Crippen LogP contribution in [0.15, 0.2) is 42.6 Å². The summed E-state index contributed by atoms with van der Waals surface area (Å²) in [6.45, 7) is 2.18. The van der Waals surface area contributed by atoms with Crippen molar-refractivity contribution in [3.63, 3.8) is 0 Å². The average molecular weight is 296 g/mol. The third-order valence-corrected chi connectivity index (χ3v) is 3.25. The number of aromatic nitrogens is 1. The van der Waals surface area contributed by atoms with E-state index in [1.807, 2.05) is 35.9 Å². The van der Waals surface area contributed by atoms with Crippen LogP contribution in [0.4, 0.5) is 5.69 Å². The number of rotatable bonds is 3. The summed E-state index contributed by atoms with van der Waals surface area (Å²) in [6.07, 6.45) is 1.86. The Balaban J connectivity index is 2.10. The minimum Gasteiger partial charge on any atom is -0.319 e. The van der Waals surface area contributed by atoms with Gasteiger partial charge in [0.25, 0.3) is 5.91 Å². The minimum atomic E-state index is -0.150. The van der Waals surface area contributed by atoms with Gasteiger partial charge in [-0.2, -0.15) is 4.57 Å². The molecule has 1 amide bonds. The number of aryl methyl sites for hydroxylation is 1. The summed E-state index contributed by atoms with van der Waals surface area (Å²) in [6, 6.07) is 10.7. The van der Waals surface area contributed by atoms with E-state index in [-0.39, 0.29) is 12.5 Å². The first-order valence-electron chi connectivity index (χ1n) is 5.76. The zero-order chi connectivity index (χ0) is 13.8. The van der Waals surface area contributed by atoms with Gasteiger partial charge in [0.05, 0.1) is 10.7 Å². The maximum atomic E-state index is 12.0. The minimum absolute atomic E-state index is 0.150. The van der Waals surface area contributed by atoms with E-state index in [0.29, 0.717) is 15.7 Å². The molecule has 1 aromatic carbocycles. The average Bonchev–Trinajstić information content (AvgIpc) is 2.37. The van der Waals surface area contributed by atoms with E-state index in [2.05, 4.69) is 5.32 Å². The number of halogens is 2. The van der Waals surface area contributed by atoms with Gasteiger partial charge < -0.3 is 5.32 Å². The molecule has 5 heteroatoms.